The lowest BCUT2D eigenvalue weighted by Gasteiger charge is -2.13. The Kier molecular flexibility index (Phi) is 7.41. The maximum atomic E-state index is 12.5. The number of hydrogen-bond acceptors (Lipinski definition) is 3. The summed E-state index contributed by atoms with van der Waals surface area (Å²) < 4.78 is 5.35. The Bertz CT molecular complexity index is 783. The summed E-state index contributed by atoms with van der Waals surface area (Å²) in [7, 11) is 1.53. The largest absolute Gasteiger partial charge is 0.494 e. The van der Waals surface area contributed by atoms with Gasteiger partial charge >= 0.3 is 0 Å². The maximum Gasteiger partial charge on any atom is 0.255 e. The molecular weight excluding hydrogens is 340 g/mol. The zero-order valence-corrected chi connectivity index (χ0v) is 16.5. The Morgan fingerprint density at radius 3 is 2.33 bits per heavy atom. The fourth-order valence-corrected chi connectivity index (χ4v) is 2.64. The summed E-state index contributed by atoms with van der Waals surface area (Å²) in [6.45, 7) is 6.27. The van der Waals surface area contributed by atoms with Gasteiger partial charge in [0.15, 0.2) is 0 Å². The second kappa shape index (κ2) is 9.76. The van der Waals surface area contributed by atoms with E-state index in [0.717, 1.165) is 12.8 Å². The summed E-state index contributed by atoms with van der Waals surface area (Å²) in [5.41, 5.74) is 2.99. The number of methoxy groups -OCH3 is 1. The molecule has 0 unspecified atom stereocenters. The Morgan fingerprint density at radius 2 is 1.74 bits per heavy atom. The van der Waals surface area contributed by atoms with Gasteiger partial charge in [-0.2, -0.15) is 0 Å². The number of hydrogen-bond donors (Lipinski definition) is 2. The monoisotopic (exact) mass is 368 g/mol. The Balaban J connectivity index is 2.08. The number of amides is 2. The van der Waals surface area contributed by atoms with E-state index in [9.17, 15) is 9.59 Å². The standard InChI is InChI=1S/C22H28N2O3/c1-5-6-7-21(25)24-19-13-12-18(14-20(19)27-4)23-22(26)17-10-8-16(9-11-17)15(2)3/h8-15H,5-7H2,1-4H3,(H,23,26)(H,24,25). The van der Waals surface area contributed by atoms with Gasteiger partial charge in [-0.15, -0.1) is 0 Å². The highest BCUT2D eigenvalue weighted by Crippen LogP contribution is 2.28. The number of ether oxygens (including phenoxy) is 1. The molecule has 0 aliphatic rings. The molecule has 144 valence electrons. The van der Waals surface area contributed by atoms with E-state index in [-0.39, 0.29) is 11.8 Å². The van der Waals surface area contributed by atoms with Crippen LogP contribution >= 0.6 is 0 Å². The van der Waals surface area contributed by atoms with E-state index < -0.39 is 0 Å². The van der Waals surface area contributed by atoms with E-state index in [4.69, 9.17) is 4.74 Å². The molecule has 0 saturated carbocycles. The number of rotatable bonds is 8. The van der Waals surface area contributed by atoms with Crippen LogP contribution in [0.25, 0.3) is 0 Å². The lowest BCUT2D eigenvalue weighted by molar-refractivity contribution is -0.116. The molecule has 0 aliphatic heterocycles. The lowest BCUT2D eigenvalue weighted by atomic mass is 10.0. The van der Waals surface area contributed by atoms with Crippen LogP contribution in [0.15, 0.2) is 42.5 Å². The van der Waals surface area contributed by atoms with Crippen molar-refractivity contribution in [2.75, 3.05) is 17.7 Å². The molecule has 2 N–H and O–H groups in total. The van der Waals surface area contributed by atoms with Crippen LogP contribution in [0.2, 0.25) is 0 Å². The van der Waals surface area contributed by atoms with Gasteiger partial charge in [0.25, 0.3) is 5.91 Å². The van der Waals surface area contributed by atoms with E-state index >= 15 is 0 Å². The van der Waals surface area contributed by atoms with Crippen molar-refractivity contribution < 1.29 is 14.3 Å². The maximum absolute atomic E-state index is 12.5. The van der Waals surface area contributed by atoms with Gasteiger partial charge < -0.3 is 15.4 Å². The number of unbranched alkanes of at least 4 members (excludes halogenated alkanes) is 1. The van der Waals surface area contributed by atoms with Crippen LogP contribution in [-0.2, 0) is 4.79 Å². The van der Waals surface area contributed by atoms with Crippen LogP contribution < -0.4 is 15.4 Å². The van der Waals surface area contributed by atoms with Crippen molar-refractivity contribution in [2.45, 2.75) is 46.0 Å². The van der Waals surface area contributed by atoms with Crippen molar-refractivity contribution in [3.05, 3.63) is 53.6 Å². The minimum atomic E-state index is -0.188. The molecule has 2 aromatic carbocycles. The molecule has 0 heterocycles. The zero-order valence-electron chi connectivity index (χ0n) is 16.5. The second-order valence-corrected chi connectivity index (χ2v) is 6.80. The molecule has 0 spiro atoms. The van der Waals surface area contributed by atoms with Crippen molar-refractivity contribution >= 4 is 23.2 Å². The van der Waals surface area contributed by atoms with Crippen LogP contribution in [0.1, 0.15) is 61.9 Å². The highest BCUT2D eigenvalue weighted by Gasteiger charge is 2.11. The van der Waals surface area contributed by atoms with Crippen molar-refractivity contribution in [1.29, 1.82) is 0 Å². The predicted molar refractivity (Wildman–Crippen MR) is 110 cm³/mol. The Hall–Kier alpha value is -2.82. The van der Waals surface area contributed by atoms with Crippen molar-refractivity contribution in [3.8, 4) is 5.75 Å². The molecule has 2 aromatic rings. The SMILES string of the molecule is CCCCC(=O)Nc1ccc(NC(=O)c2ccc(C(C)C)cc2)cc1OC. The van der Waals surface area contributed by atoms with Crippen molar-refractivity contribution in [1.82, 2.24) is 0 Å². The lowest BCUT2D eigenvalue weighted by Crippen LogP contribution is -2.14. The summed E-state index contributed by atoms with van der Waals surface area (Å²) in [4.78, 5) is 24.4. The van der Waals surface area contributed by atoms with Crippen molar-refractivity contribution in [2.24, 2.45) is 0 Å². The van der Waals surface area contributed by atoms with Gasteiger partial charge in [0.2, 0.25) is 5.91 Å². The fourth-order valence-electron chi connectivity index (χ4n) is 2.64. The van der Waals surface area contributed by atoms with Crippen LogP contribution in [0.5, 0.6) is 5.75 Å². The first kappa shape index (κ1) is 20.5. The van der Waals surface area contributed by atoms with Gasteiger partial charge in [0, 0.05) is 23.7 Å². The number of nitrogens with one attached hydrogen (secondary N) is 2. The quantitative estimate of drug-likeness (QED) is 0.673. The summed E-state index contributed by atoms with van der Waals surface area (Å²) in [5.74, 6) is 0.698. The first-order valence-electron chi connectivity index (χ1n) is 9.33. The Morgan fingerprint density at radius 1 is 1.04 bits per heavy atom. The number of carbonyl (C=O) groups is 2. The molecule has 27 heavy (non-hydrogen) atoms. The summed E-state index contributed by atoms with van der Waals surface area (Å²) >= 11 is 0. The highest BCUT2D eigenvalue weighted by atomic mass is 16.5. The fraction of sp³-hybridized carbons (Fsp3) is 0.364. The van der Waals surface area contributed by atoms with E-state index in [1.54, 1.807) is 18.2 Å². The van der Waals surface area contributed by atoms with Gasteiger partial charge in [-0.3, -0.25) is 9.59 Å². The minimum Gasteiger partial charge on any atom is -0.494 e. The summed E-state index contributed by atoms with van der Waals surface area (Å²) in [6.07, 6.45) is 2.29. The molecule has 0 aromatic heterocycles. The first-order valence-corrected chi connectivity index (χ1v) is 9.33. The first-order chi connectivity index (χ1) is 12.9. The van der Waals surface area contributed by atoms with Gasteiger partial charge in [0.05, 0.1) is 12.8 Å². The molecule has 0 bridgehead atoms. The van der Waals surface area contributed by atoms with E-state index in [2.05, 4.69) is 24.5 Å². The van der Waals surface area contributed by atoms with E-state index in [1.807, 2.05) is 31.2 Å². The van der Waals surface area contributed by atoms with Crippen LogP contribution in [0, 0.1) is 0 Å². The highest BCUT2D eigenvalue weighted by molar-refractivity contribution is 6.04. The molecular formula is C22H28N2O3. The predicted octanol–water partition coefficient (Wildman–Crippen LogP) is 5.20. The third-order valence-electron chi connectivity index (χ3n) is 4.33. The molecule has 0 aliphatic carbocycles. The van der Waals surface area contributed by atoms with E-state index in [0.29, 0.717) is 35.0 Å². The van der Waals surface area contributed by atoms with Crippen molar-refractivity contribution in [3.63, 3.8) is 0 Å². The van der Waals surface area contributed by atoms with Gasteiger partial charge in [-0.25, -0.2) is 0 Å². The van der Waals surface area contributed by atoms with Gasteiger partial charge in [0.1, 0.15) is 5.75 Å². The summed E-state index contributed by atoms with van der Waals surface area (Å²) in [5, 5.41) is 5.71. The number of carbonyl (C=O) groups excluding carboxylic acids is 2. The molecule has 0 fully saturated rings. The number of benzene rings is 2. The molecule has 0 atom stereocenters. The molecule has 5 heteroatoms. The molecule has 0 radical (unpaired) electrons. The third kappa shape index (κ3) is 5.84. The number of anilines is 2. The average molecular weight is 368 g/mol. The smallest absolute Gasteiger partial charge is 0.255 e. The average Bonchev–Trinajstić information content (AvgIpc) is 2.67. The molecule has 2 amide bonds. The van der Waals surface area contributed by atoms with Gasteiger partial charge in [-0.1, -0.05) is 39.3 Å². The Labute approximate surface area is 161 Å². The topological polar surface area (TPSA) is 67.4 Å². The summed E-state index contributed by atoms with van der Waals surface area (Å²) in [6, 6.07) is 12.8. The van der Waals surface area contributed by atoms with Crippen LogP contribution in [0.3, 0.4) is 0 Å². The molecule has 5 nitrogen and oxygen atoms in total. The van der Waals surface area contributed by atoms with Gasteiger partial charge in [-0.05, 0) is 42.2 Å². The normalized spacial score (nSPS) is 10.6. The van der Waals surface area contributed by atoms with Crippen LogP contribution in [-0.4, -0.2) is 18.9 Å². The minimum absolute atomic E-state index is 0.0443. The molecule has 2 rings (SSSR count). The second-order valence-electron chi connectivity index (χ2n) is 6.80. The van der Waals surface area contributed by atoms with E-state index in [1.165, 1.54) is 12.7 Å². The van der Waals surface area contributed by atoms with Crippen LogP contribution in [0.4, 0.5) is 11.4 Å². The zero-order chi connectivity index (χ0) is 19.8. The third-order valence-corrected chi connectivity index (χ3v) is 4.33. The molecule has 0 saturated heterocycles.